The van der Waals surface area contributed by atoms with Crippen molar-refractivity contribution >= 4 is 27.5 Å². The monoisotopic (exact) mass is 438 g/mol. The Morgan fingerprint density at radius 3 is 2.73 bits per heavy atom. The maximum Gasteiger partial charge on any atom is 0.344 e. The number of benzene rings is 2. The average Bonchev–Trinajstić information content (AvgIpc) is 2.91. The van der Waals surface area contributed by atoms with Gasteiger partial charge in [0, 0.05) is 10.6 Å². The highest BCUT2D eigenvalue weighted by Crippen LogP contribution is 2.35. The zero-order valence-corrected chi connectivity index (χ0v) is 15.2. The number of nitriles is 1. The van der Waals surface area contributed by atoms with Gasteiger partial charge in [-0.05, 0) is 40.2 Å². The van der Waals surface area contributed by atoms with Gasteiger partial charge in [0.15, 0.2) is 11.6 Å². The third-order valence-electron chi connectivity index (χ3n) is 3.38. The second kappa shape index (κ2) is 7.19. The number of aromatic amines is 2. The lowest BCUT2D eigenvalue weighted by molar-refractivity contribution is 0.433. The van der Waals surface area contributed by atoms with E-state index in [0.717, 1.165) is 4.68 Å². The highest BCUT2D eigenvalue weighted by molar-refractivity contribution is 9.10. The normalized spacial score (nSPS) is 10.5. The van der Waals surface area contributed by atoms with Crippen LogP contribution >= 0.6 is 27.5 Å². The van der Waals surface area contributed by atoms with E-state index in [0.29, 0.717) is 4.47 Å². The number of nitrogens with one attached hydrogen (secondary N) is 2. The second-order valence-electron chi connectivity index (χ2n) is 5.20. The summed E-state index contributed by atoms with van der Waals surface area (Å²) in [6.45, 7) is -0.202. The van der Waals surface area contributed by atoms with E-state index >= 15 is 0 Å². The smallest absolute Gasteiger partial charge is 0.344 e. The summed E-state index contributed by atoms with van der Waals surface area (Å²) in [6.07, 6.45) is 0. The number of halogens is 3. The van der Waals surface area contributed by atoms with Gasteiger partial charge in [0.2, 0.25) is 0 Å². The van der Waals surface area contributed by atoms with Gasteiger partial charge in [0.1, 0.15) is 5.75 Å². The minimum atomic E-state index is -0.730. The summed E-state index contributed by atoms with van der Waals surface area (Å²) in [7, 11) is 0. The van der Waals surface area contributed by atoms with Gasteiger partial charge in [-0.15, -0.1) is 0 Å². The Labute approximate surface area is 158 Å². The summed E-state index contributed by atoms with van der Waals surface area (Å²) >= 11 is 9.12. The molecule has 0 bridgehead atoms. The summed E-state index contributed by atoms with van der Waals surface area (Å²) in [5.41, 5.74) is -1.00. The van der Waals surface area contributed by atoms with Crippen LogP contribution in [0.4, 0.5) is 4.39 Å². The van der Waals surface area contributed by atoms with Crippen LogP contribution in [0.3, 0.4) is 0 Å². The molecule has 0 radical (unpaired) electrons. The summed E-state index contributed by atoms with van der Waals surface area (Å²) in [5, 5.41) is 11.5. The van der Waals surface area contributed by atoms with E-state index in [1.54, 1.807) is 6.07 Å². The fourth-order valence-electron chi connectivity index (χ4n) is 2.24. The lowest BCUT2D eigenvalue weighted by atomic mass is 10.2. The van der Waals surface area contributed by atoms with Crippen LogP contribution in [0.2, 0.25) is 5.02 Å². The SMILES string of the molecule is N#Cc1cc(Cl)cc(Oc2c(Br)ccc(Cn3[nH]c(=O)[nH]c3=O)c2F)c1. The van der Waals surface area contributed by atoms with Crippen LogP contribution in [-0.4, -0.2) is 14.8 Å². The molecular weight excluding hydrogens is 431 g/mol. The first-order valence-corrected chi connectivity index (χ1v) is 8.29. The molecule has 3 aromatic rings. The Bertz CT molecular complexity index is 1150. The minimum absolute atomic E-state index is 0.114. The van der Waals surface area contributed by atoms with E-state index in [1.165, 1.54) is 24.3 Å². The molecule has 1 heterocycles. The van der Waals surface area contributed by atoms with Crippen LogP contribution in [0.25, 0.3) is 0 Å². The minimum Gasteiger partial charge on any atom is -0.453 e. The number of H-pyrrole nitrogens is 2. The largest absolute Gasteiger partial charge is 0.453 e. The van der Waals surface area contributed by atoms with Crippen LogP contribution in [0.15, 0.2) is 44.4 Å². The van der Waals surface area contributed by atoms with Gasteiger partial charge in [-0.3, -0.25) is 4.98 Å². The molecule has 0 atom stereocenters. The first-order chi connectivity index (χ1) is 12.4. The molecule has 0 unspecified atom stereocenters. The molecule has 0 amide bonds. The van der Waals surface area contributed by atoms with Crippen molar-refractivity contribution in [3.8, 4) is 17.6 Å². The Morgan fingerprint density at radius 2 is 2.08 bits per heavy atom. The molecule has 7 nitrogen and oxygen atoms in total. The predicted octanol–water partition coefficient (Wildman–Crippen LogP) is 3.13. The number of aromatic nitrogens is 3. The molecule has 0 saturated carbocycles. The highest BCUT2D eigenvalue weighted by atomic mass is 79.9. The van der Waals surface area contributed by atoms with Crippen LogP contribution in [0, 0.1) is 17.1 Å². The standard InChI is InChI=1S/C16H9BrClFN4O3/c17-12-2-1-9(7-23-16(25)21-15(24)22-23)13(19)14(12)26-11-4-8(6-20)3-10(18)5-11/h1-5H,7H2,(H2,21,22,24,25). The maximum atomic E-state index is 14.9. The Balaban J connectivity index is 1.99. The van der Waals surface area contributed by atoms with Crippen LogP contribution in [0.5, 0.6) is 11.5 Å². The number of rotatable bonds is 4. The van der Waals surface area contributed by atoms with E-state index in [1.807, 2.05) is 11.1 Å². The Morgan fingerprint density at radius 1 is 1.31 bits per heavy atom. The number of hydrogen-bond acceptors (Lipinski definition) is 4. The Hall–Kier alpha value is -2.83. The maximum absolute atomic E-state index is 14.9. The first kappa shape index (κ1) is 18.0. The van der Waals surface area contributed by atoms with Crippen molar-refractivity contribution in [1.82, 2.24) is 14.8 Å². The molecular formula is C16H9BrClFN4O3. The zero-order chi connectivity index (χ0) is 18.8. The lowest BCUT2D eigenvalue weighted by Gasteiger charge is -2.12. The van der Waals surface area contributed by atoms with E-state index < -0.39 is 17.2 Å². The van der Waals surface area contributed by atoms with Gasteiger partial charge in [-0.2, -0.15) is 5.26 Å². The third kappa shape index (κ3) is 3.71. The van der Waals surface area contributed by atoms with E-state index in [-0.39, 0.29) is 34.2 Å². The van der Waals surface area contributed by atoms with Crippen molar-refractivity contribution in [2.75, 3.05) is 0 Å². The van der Waals surface area contributed by atoms with Gasteiger partial charge < -0.3 is 4.74 Å². The summed E-state index contributed by atoms with van der Waals surface area (Å²) in [5.74, 6) is -0.690. The van der Waals surface area contributed by atoms with Gasteiger partial charge in [-0.25, -0.2) is 23.8 Å². The molecule has 0 aliphatic carbocycles. The quantitative estimate of drug-likeness (QED) is 0.652. The van der Waals surface area contributed by atoms with Crippen LogP contribution in [0.1, 0.15) is 11.1 Å². The van der Waals surface area contributed by atoms with Crippen molar-refractivity contribution in [2.45, 2.75) is 6.54 Å². The van der Waals surface area contributed by atoms with Crippen LogP contribution < -0.4 is 16.1 Å². The fraction of sp³-hybridized carbons (Fsp3) is 0.0625. The predicted molar refractivity (Wildman–Crippen MR) is 95.1 cm³/mol. The van der Waals surface area contributed by atoms with Crippen LogP contribution in [-0.2, 0) is 6.54 Å². The van der Waals surface area contributed by atoms with Gasteiger partial charge in [0.25, 0.3) is 0 Å². The molecule has 10 heteroatoms. The molecule has 2 N–H and O–H groups in total. The average molecular weight is 440 g/mol. The number of ether oxygens (including phenoxy) is 1. The van der Waals surface area contributed by atoms with Crippen molar-refractivity contribution in [1.29, 1.82) is 5.26 Å². The molecule has 0 saturated heterocycles. The summed E-state index contributed by atoms with van der Waals surface area (Å²) in [4.78, 5) is 24.7. The summed E-state index contributed by atoms with van der Waals surface area (Å²) < 4.78 is 21.7. The molecule has 0 aliphatic rings. The molecule has 26 heavy (non-hydrogen) atoms. The van der Waals surface area contributed by atoms with Gasteiger partial charge in [0.05, 0.1) is 22.7 Å². The lowest BCUT2D eigenvalue weighted by Crippen LogP contribution is -2.19. The molecule has 1 aromatic heterocycles. The second-order valence-corrected chi connectivity index (χ2v) is 6.49. The third-order valence-corrected chi connectivity index (χ3v) is 4.22. The van der Waals surface area contributed by atoms with Crippen molar-refractivity contribution in [2.24, 2.45) is 0 Å². The molecule has 0 spiro atoms. The van der Waals surface area contributed by atoms with E-state index in [9.17, 15) is 14.0 Å². The molecule has 0 aliphatic heterocycles. The molecule has 3 rings (SSSR count). The fourth-order valence-corrected chi connectivity index (χ4v) is 2.85. The first-order valence-electron chi connectivity index (χ1n) is 7.12. The highest BCUT2D eigenvalue weighted by Gasteiger charge is 2.16. The van der Waals surface area contributed by atoms with E-state index in [2.05, 4.69) is 21.0 Å². The summed E-state index contributed by atoms with van der Waals surface area (Å²) in [6, 6.07) is 9.22. The van der Waals surface area contributed by atoms with Gasteiger partial charge >= 0.3 is 11.4 Å². The number of hydrogen-bond donors (Lipinski definition) is 2. The molecule has 0 fully saturated rings. The molecule has 2 aromatic carbocycles. The number of nitrogens with zero attached hydrogens (tertiary/aromatic N) is 2. The van der Waals surface area contributed by atoms with E-state index in [4.69, 9.17) is 21.6 Å². The van der Waals surface area contributed by atoms with Crippen molar-refractivity contribution in [3.05, 3.63) is 77.7 Å². The topological polar surface area (TPSA) is 104 Å². The zero-order valence-electron chi connectivity index (χ0n) is 12.8. The van der Waals surface area contributed by atoms with Gasteiger partial charge in [-0.1, -0.05) is 17.7 Å². The van der Waals surface area contributed by atoms with Crippen molar-refractivity contribution in [3.63, 3.8) is 0 Å². The van der Waals surface area contributed by atoms with Crippen molar-refractivity contribution < 1.29 is 9.13 Å². The molecule has 132 valence electrons. The Kier molecular flexibility index (Phi) is 4.97.